The molecule has 6 nitrogen and oxygen atoms in total. The second kappa shape index (κ2) is 5.77. The first-order chi connectivity index (χ1) is 9.03. The van der Waals surface area contributed by atoms with Crippen LogP contribution in [0, 0.1) is 0 Å². The molecule has 0 aromatic heterocycles. The molecule has 1 saturated heterocycles. The lowest BCUT2D eigenvalue weighted by molar-refractivity contribution is 0.0904. The molecule has 1 aromatic carbocycles. The summed E-state index contributed by atoms with van der Waals surface area (Å²) in [6, 6.07) is 5.04. The summed E-state index contributed by atoms with van der Waals surface area (Å²) in [6.45, 7) is 1.48. The summed E-state index contributed by atoms with van der Waals surface area (Å²) >= 11 is 0. The summed E-state index contributed by atoms with van der Waals surface area (Å²) in [5.41, 5.74) is 7.10. The third kappa shape index (κ3) is 3.37. The maximum Gasteiger partial charge on any atom is 0.240 e. The van der Waals surface area contributed by atoms with Crippen molar-refractivity contribution in [1.82, 2.24) is 4.72 Å². The predicted molar refractivity (Wildman–Crippen MR) is 74.6 cm³/mol. The molecular weight excluding hydrogens is 266 g/mol. The Kier molecular flexibility index (Phi) is 4.28. The quantitative estimate of drug-likeness (QED) is 0.710. The van der Waals surface area contributed by atoms with Crippen LogP contribution in [0.25, 0.3) is 0 Å². The van der Waals surface area contributed by atoms with Gasteiger partial charge in [-0.2, -0.15) is 0 Å². The van der Waals surface area contributed by atoms with E-state index < -0.39 is 10.0 Å². The summed E-state index contributed by atoms with van der Waals surface area (Å²) < 4.78 is 30.9. The Morgan fingerprint density at radius 1 is 1.32 bits per heavy atom. The van der Waals surface area contributed by atoms with Crippen molar-refractivity contribution in [2.75, 3.05) is 31.3 Å². The number of ether oxygens (including phenoxy) is 1. The van der Waals surface area contributed by atoms with E-state index in [1.807, 2.05) is 0 Å². The summed E-state index contributed by atoms with van der Waals surface area (Å²) in [5, 5.41) is 3.33. The molecule has 1 aromatic rings. The van der Waals surface area contributed by atoms with E-state index in [2.05, 4.69) is 10.0 Å². The third-order valence-corrected chi connectivity index (χ3v) is 4.59. The van der Waals surface area contributed by atoms with Crippen LogP contribution >= 0.6 is 0 Å². The van der Waals surface area contributed by atoms with Crippen molar-refractivity contribution in [2.24, 2.45) is 0 Å². The van der Waals surface area contributed by atoms with Gasteiger partial charge in [-0.05, 0) is 38.1 Å². The SMILES string of the molecule is CNS(=O)(=O)c1ccc(NC2CCOCC2)c(N)c1. The van der Waals surface area contributed by atoms with Crippen LogP contribution in [0.1, 0.15) is 12.8 Å². The molecule has 1 heterocycles. The Bertz CT molecular complexity index is 539. The summed E-state index contributed by atoms with van der Waals surface area (Å²) in [6.07, 6.45) is 1.85. The van der Waals surface area contributed by atoms with Gasteiger partial charge in [0.1, 0.15) is 0 Å². The van der Waals surface area contributed by atoms with Gasteiger partial charge in [0.05, 0.1) is 16.3 Å². The number of nitrogens with one attached hydrogen (secondary N) is 2. The van der Waals surface area contributed by atoms with Crippen molar-refractivity contribution >= 4 is 21.4 Å². The van der Waals surface area contributed by atoms with Gasteiger partial charge in [-0.15, -0.1) is 0 Å². The van der Waals surface area contributed by atoms with Crippen LogP contribution in [-0.2, 0) is 14.8 Å². The van der Waals surface area contributed by atoms with Crippen molar-refractivity contribution in [3.8, 4) is 0 Å². The lowest BCUT2D eigenvalue weighted by Crippen LogP contribution is -2.28. The Labute approximate surface area is 113 Å². The second-order valence-electron chi connectivity index (χ2n) is 4.49. The molecular formula is C12H19N3O3S. The van der Waals surface area contributed by atoms with Crippen LogP contribution < -0.4 is 15.8 Å². The van der Waals surface area contributed by atoms with E-state index in [1.165, 1.54) is 13.1 Å². The van der Waals surface area contributed by atoms with Gasteiger partial charge in [-0.25, -0.2) is 13.1 Å². The number of hydrogen-bond acceptors (Lipinski definition) is 5. The molecule has 19 heavy (non-hydrogen) atoms. The summed E-state index contributed by atoms with van der Waals surface area (Å²) in [7, 11) is -2.07. The molecule has 1 aliphatic heterocycles. The summed E-state index contributed by atoms with van der Waals surface area (Å²) in [5.74, 6) is 0. The maximum absolute atomic E-state index is 11.7. The smallest absolute Gasteiger partial charge is 0.240 e. The van der Waals surface area contributed by atoms with Gasteiger partial charge in [-0.1, -0.05) is 0 Å². The van der Waals surface area contributed by atoms with Crippen molar-refractivity contribution < 1.29 is 13.2 Å². The van der Waals surface area contributed by atoms with E-state index >= 15 is 0 Å². The molecule has 0 radical (unpaired) electrons. The highest BCUT2D eigenvalue weighted by Crippen LogP contribution is 2.24. The van der Waals surface area contributed by atoms with Crippen LogP contribution in [0.2, 0.25) is 0 Å². The number of rotatable bonds is 4. The van der Waals surface area contributed by atoms with Crippen LogP contribution in [0.4, 0.5) is 11.4 Å². The number of nitrogens with two attached hydrogens (primary N) is 1. The van der Waals surface area contributed by atoms with Crippen LogP contribution in [0.15, 0.2) is 23.1 Å². The van der Waals surface area contributed by atoms with E-state index in [0.717, 1.165) is 31.7 Å². The Morgan fingerprint density at radius 3 is 2.58 bits per heavy atom. The highest BCUT2D eigenvalue weighted by Gasteiger charge is 2.16. The average Bonchev–Trinajstić information content (AvgIpc) is 2.42. The van der Waals surface area contributed by atoms with Crippen molar-refractivity contribution in [3.63, 3.8) is 0 Å². The summed E-state index contributed by atoms with van der Waals surface area (Å²) in [4.78, 5) is 0.171. The van der Waals surface area contributed by atoms with E-state index in [-0.39, 0.29) is 4.90 Å². The topological polar surface area (TPSA) is 93.5 Å². The van der Waals surface area contributed by atoms with Gasteiger partial charge in [0.2, 0.25) is 10.0 Å². The van der Waals surface area contributed by atoms with Crippen LogP contribution in [-0.4, -0.2) is 34.7 Å². The zero-order chi connectivity index (χ0) is 13.9. The zero-order valence-corrected chi connectivity index (χ0v) is 11.7. The molecule has 1 fully saturated rings. The van der Waals surface area contributed by atoms with Gasteiger partial charge in [0.25, 0.3) is 0 Å². The first-order valence-corrected chi connectivity index (χ1v) is 7.68. The zero-order valence-electron chi connectivity index (χ0n) is 10.8. The molecule has 0 aliphatic carbocycles. The van der Waals surface area contributed by atoms with E-state index in [4.69, 9.17) is 10.5 Å². The molecule has 106 valence electrons. The minimum absolute atomic E-state index is 0.171. The molecule has 0 atom stereocenters. The van der Waals surface area contributed by atoms with Crippen molar-refractivity contribution in [3.05, 3.63) is 18.2 Å². The molecule has 0 spiro atoms. The fraction of sp³-hybridized carbons (Fsp3) is 0.500. The van der Waals surface area contributed by atoms with Gasteiger partial charge < -0.3 is 15.8 Å². The highest BCUT2D eigenvalue weighted by molar-refractivity contribution is 7.89. The Balaban J connectivity index is 2.15. The molecule has 0 amide bonds. The minimum atomic E-state index is -3.45. The van der Waals surface area contributed by atoms with Gasteiger partial charge in [0, 0.05) is 19.3 Å². The Morgan fingerprint density at radius 2 is 2.00 bits per heavy atom. The van der Waals surface area contributed by atoms with Crippen molar-refractivity contribution in [1.29, 1.82) is 0 Å². The molecule has 0 unspecified atom stereocenters. The first kappa shape index (κ1) is 14.1. The largest absolute Gasteiger partial charge is 0.397 e. The predicted octanol–water partition coefficient (Wildman–Crippen LogP) is 0.768. The third-order valence-electron chi connectivity index (χ3n) is 3.18. The lowest BCUT2D eigenvalue weighted by atomic mass is 10.1. The standard InChI is InChI=1S/C12H19N3O3S/c1-14-19(16,17)10-2-3-12(11(13)8-10)15-9-4-6-18-7-5-9/h2-3,8-9,14-15H,4-7,13H2,1H3. The lowest BCUT2D eigenvalue weighted by Gasteiger charge is -2.25. The highest BCUT2D eigenvalue weighted by atomic mass is 32.2. The van der Waals surface area contributed by atoms with E-state index in [1.54, 1.807) is 12.1 Å². The first-order valence-electron chi connectivity index (χ1n) is 6.20. The molecule has 1 aliphatic rings. The normalized spacial score (nSPS) is 17.3. The second-order valence-corrected chi connectivity index (χ2v) is 6.37. The fourth-order valence-corrected chi connectivity index (χ4v) is 2.78. The minimum Gasteiger partial charge on any atom is -0.397 e. The van der Waals surface area contributed by atoms with Crippen LogP contribution in [0.3, 0.4) is 0 Å². The van der Waals surface area contributed by atoms with Gasteiger partial charge in [-0.3, -0.25) is 0 Å². The van der Waals surface area contributed by atoms with E-state index in [0.29, 0.717) is 11.7 Å². The van der Waals surface area contributed by atoms with Gasteiger partial charge in [0.15, 0.2) is 0 Å². The average molecular weight is 285 g/mol. The maximum atomic E-state index is 11.7. The Hall–Kier alpha value is -1.31. The molecule has 0 bridgehead atoms. The van der Waals surface area contributed by atoms with Crippen LogP contribution in [0.5, 0.6) is 0 Å². The number of nitrogen functional groups attached to an aromatic ring is 1. The van der Waals surface area contributed by atoms with Gasteiger partial charge >= 0.3 is 0 Å². The number of hydrogen-bond donors (Lipinski definition) is 3. The number of benzene rings is 1. The molecule has 4 N–H and O–H groups in total. The van der Waals surface area contributed by atoms with Crippen molar-refractivity contribution in [2.45, 2.75) is 23.8 Å². The number of anilines is 2. The molecule has 7 heteroatoms. The monoisotopic (exact) mass is 285 g/mol. The fourth-order valence-electron chi connectivity index (χ4n) is 2.02. The molecule has 0 saturated carbocycles. The van der Waals surface area contributed by atoms with E-state index in [9.17, 15) is 8.42 Å². The molecule has 2 rings (SSSR count). The number of sulfonamides is 1.